The lowest BCUT2D eigenvalue weighted by molar-refractivity contribution is -0.107. The zero-order valence-corrected chi connectivity index (χ0v) is 13.3. The minimum Gasteiger partial charge on any atom is -0.313 e. The second kappa shape index (κ2) is 14.7. The Balaban J connectivity index is 0. The van der Waals surface area contributed by atoms with Gasteiger partial charge < -0.3 is 15.0 Å². The first kappa shape index (κ1) is 19.9. The summed E-state index contributed by atoms with van der Waals surface area (Å²) in [4.78, 5) is 11.9. The largest absolute Gasteiger partial charge is 0.313 e. The van der Waals surface area contributed by atoms with Gasteiger partial charge >= 0.3 is 0 Å². The van der Waals surface area contributed by atoms with Crippen LogP contribution in [-0.2, 0) is 4.79 Å². The van der Waals surface area contributed by atoms with Gasteiger partial charge in [-0.15, -0.1) is 0 Å². The average Bonchev–Trinajstić information content (AvgIpc) is 2.96. The fourth-order valence-electron chi connectivity index (χ4n) is 2.25. The molecule has 2 rings (SSSR count). The molecule has 1 aliphatic carbocycles. The van der Waals surface area contributed by atoms with E-state index in [1.807, 2.05) is 13.8 Å². The second-order valence-electron chi connectivity index (χ2n) is 4.70. The van der Waals surface area contributed by atoms with Gasteiger partial charge in [-0.1, -0.05) is 34.1 Å². The van der Waals surface area contributed by atoms with Crippen LogP contribution in [0.5, 0.6) is 0 Å². The Kier molecular flexibility index (Phi) is 16.2. The van der Waals surface area contributed by atoms with Crippen molar-refractivity contribution in [3.05, 3.63) is 0 Å². The fraction of sp³-hybridized carbons (Fsp3) is 0.933. The summed E-state index contributed by atoms with van der Waals surface area (Å²) in [5.74, 6) is 1.07. The van der Waals surface area contributed by atoms with Gasteiger partial charge in [0.05, 0.1) is 6.54 Å². The summed E-state index contributed by atoms with van der Waals surface area (Å²) in [6.07, 6.45) is 6.55. The summed E-state index contributed by atoms with van der Waals surface area (Å²) < 4.78 is 0. The van der Waals surface area contributed by atoms with Crippen LogP contribution in [0.2, 0.25) is 0 Å². The van der Waals surface area contributed by atoms with Crippen LogP contribution in [0.1, 0.15) is 53.4 Å². The van der Waals surface area contributed by atoms with Crippen molar-refractivity contribution in [3.63, 3.8) is 0 Å². The van der Waals surface area contributed by atoms with Crippen molar-refractivity contribution in [1.29, 1.82) is 0 Å². The third-order valence-corrected chi connectivity index (χ3v) is 2.97. The molecular formula is C15H34N2O. The van der Waals surface area contributed by atoms with Crippen molar-refractivity contribution in [1.82, 2.24) is 10.2 Å². The molecule has 1 saturated heterocycles. The number of likely N-dealkylation sites (tertiary alicyclic amines) is 1. The van der Waals surface area contributed by atoms with Gasteiger partial charge in [-0.3, -0.25) is 0 Å². The number of piperidine rings is 1. The lowest BCUT2D eigenvalue weighted by Gasteiger charge is -2.20. The summed E-state index contributed by atoms with van der Waals surface area (Å²) in [6, 6.07) is 0.972. The number of nitrogens with zero attached hydrogens (tertiary/aromatic N) is 1. The van der Waals surface area contributed by atoms with E-state index in [0.717, 1.165) is 18.2 Å². The Labute approximate surface area is 114 Å². The molecule has 2 atom stereocenters. The van der Waals surface area contributed by atoms with E-state index in [4.69, 9.17) is 0 Å². The summed E-state index contributed by atoms with van der Waals surface area (Å²) in [5, 5.41) is 2.65. The number of hydrogen-bond acceptors (Lipinski definition) is 3. The van der Waals surface area contributed by atoms with Crippen molar-refractivity contribution in [2.75, 3.05) is 27.2 Å². The Morgan fingerprint density at radius 2 is 1.83 bits per heavy atom. The molecule has 1 N–H and O–H groups in total. The zero-order valence-electron chi connectivity index (χ0n) is 13.3. The van der Waals surface area contributed by atoms with E-state index in [2.05, 4.69) is 31.1 Å². The van der Waals surface area contributed by atoms with E-state index in [9.17, 15) is 4.79 Å². The number of hydrogen-bond donors (Lipinski definition) is 1. The topological polar surface area (TPSA) is 32.3 Å². The van der Waals surface area contributed by atoms with Crippen LogP contribution in [0.25, 0.3) is 0 Å². The van der Waals surface area contributed by atoms with Crippen molar-refractivity contribution >= 4 is 6.29 Å². The predicted octanol–water partition coefficient (Wildman–Crippen LogP) is 2.95. The van der Waals surface area contributed by atoms with Gasteiger partial charge in [-0.05, 0) is 39.3 Å². The molecule has 3 heteroatoms. The molecule has 0 aromatic heterocycles. The maximum atomic E-state index is 9.34. The highest BCUT2D eigenvalue weighted by atomic mass is 16.1. The van der Waals surface area contributed by atoms with Crippen LogP contribution in [-0.4, -0.2) is 44.4 Å². The normalized spacial score (nSPS) is 23.9. The van der Waals surface area contributed by atoms with E-state index in [1.54, 1.807) is 7.05 Å². The molecule has 2 aliphatic rings. The maximum absolute atomic E-state index is 9.34. The van der Waals surface area contributed by atoms with Gasteiger partial charge in [0, 0.05) is 12.6 Å². The van der Waals surface area contributed by atoms with Gasteiger partial charge in [-0.2, -0.15) is 0 Å². The van der Waals surface area contributed by atoms with Crippen LogP contribution in [0.4, 0.5) is 0 Å². The molecule has 110 valence electrons. The Morgan fingerprint density at radius 3 is 1.94 bits per heavy atom. The first-order valence-corrected chi connectivity index (χ1v) is 7.47. The SMILES string of the molecule is CC.CCC.CN1CC2CCC1C2.CNCC=O. The number of likely N-dealkylation sites (N-methyl/N-ethyl adjacent to an activating group) is 1. The molecule has 1 saturated carbocycles. The van der Waals surface area contributed by atoms with Crippen molar-refractivity contribution < 1.29 is 4.79 Å². The molecule has 1 heterocycles. The number of fused-ring (bicyclic) bond motifs is 2. The van der Waals surface area contributed by atoms with Gasteiger partial charge in [0.15, 0.2) is 0 Å². The molecule has 0 aromatic carbocycles. The van der Waals surface area contributed by atoms with Gasteiger partial charge in [0.25, 0.3) is 0 Å². The van der Waals surface area contributed by atoms with E-state index in [1.165, 1.54) is 32.2 Å². The Hall–Kier alpha value is -0.410. The maximum Gasteiger partial charge on any atom is 0.133 e. The second-order valence-corrected chi connectivity index (χ2v) is 4.70. The quantitative estimate of drug-likeness (QED) is 0.773. The molecule has 0 radical (unpaired) electrons. The summed E-state index contributed by atoms with van der Waals surface area (Å²) in [7, 11) is 3.98. The Morgan fingerprint density at radius 1 is 1.28 bits per heavy atom. The van der Waals surface area contributed by atoms with Crippen LogP contribution >= 0.6 is 0 Å². The molecule has 3 nitrogen and oxygen atoms in total. The van der Waals surface area contributed by atoms with Crippen molar-refractivity contribution in [3.8, 4) is 0 Å². The third kappa shape index (κ3) is 9.60. The number of nitrogens with one attached hydrogen (secondary N) is 1. The standard InChI is InChI=1S/C7H13N.C3H7NO.C3H8.C2H6/c1-8-5-6-2-3-7(8)4-6;1-4-2-3-5;1-3-2;1-2/h6-7H,2-5H2,1H3;3-4H,2H2,1H3;3H2,1-2H3;1-2H3. The lowest BCUT2D eigenvalue weighted by Crippen LogP contribution is -2.27. The average molecular weight is 258 g/mol. The highest BCUT2D eigenvalue weighted by molar-refractivity contribution is 5.51. The minimum atomic E-state index is 0.458. The first-order valence-electron chi connectivity index (χ1n) is 7.47. The van der Waals surface area contributed by atoms with Crippen LogP contribution in [0.3, 0.4) is 0 Å². The molecule has 18 heavy (non-hydrogen) atoms. The van der Waals surface area contributed by atoms with E-state index in [0.29, 0.717) is 6.54 Å². The molecule has 0 spiro atoms. The van der Waals surface area contributed by atoms with Gasteiger partial charge in [0.2, 0.25) is 0 Å². The summed E-state index contributed by atoms with van der Waals surface area (Å²) in [6.45, 7) is 10.1. The van der Waals surface area contributed by atoms with Gasteiger partial charge in [-0.25, -0.2) is 0 Å². The number of rotatable bonds is 2. The molecule has 0 amide bonds. The number of aldehydes is 1. The molecule has 2 bridgehead atoms. The number of carbonyl (C=O) groups is 1. The van der Waals surface area contributed by atoms with Crippen molar-refractivity contribution in [2.45, 2.75) is 59.4 Å². The fourth-order valence-corrected chi connectivity index (χ4v) is 2.25. The lowest BCUT2D eigenvalue weighted by atomic mass is 10.1. The molecular weight excluding hydrogens is 224 g/mol. The van der Waals surface area contributed by atoms with E-state index >= 15 is 0 Å². The molecule has 1 aliphatic heterocycles. The molecule has 2 unspecified atom stereocenters. The highest BCUT2D eigenvalue weighted by Gasteiger charge is 2.34. The first-order chi connectivity index (χ1) is 8.69. The summed E-state index contributed by atoms with van der Waals surface area (Å²) in [5.41, 5.74) is 0. The molecule has 0 aromatic rings. The minimum absolute atomic E-state index is 0.458. The zero-order chi connectivity index (χ0) is 14.4. The third-order valence-electron chi connectivity index (χ3n) is 2.97. The van der Waals surface area contributed by atoms with Crippen LogP contribution < -0.4 is 5.32 Å². The highest BCUT2D eigenvalue weighted by Crippen LogP contribution is 2.35. The van der Waals surface area contributed by atoms with E-state index < -0.39 is 0 Å². The summed E-state index contributed by atoms with van der Waals surface area (Å²) >= 11 is 0. The molecule has 2 fully saturated rings. The van der Waals surface area contributed by atoms with Crippen LogP contribution in [0.15, 0.2) is 0 Å². The van der Waals surface area contributed by atoms with Gasteiger partial charge in [0.1, 0.15) is 6.29 Å². The smallest absolute Gasteiger partial charge is 0.133 e. The van der Waals surface area contributed by atoms with Crippen LogP contribution in [0, 0.1) is 5.92 Å². The van der Waals surface area contributed by atoms with E-state index in [-0.39, 0.29) is 0 Å². The Bertz CT molecular complexity index is 172. The number of carbonyl (C=O) groups excluding carboxylic acids is 1. The monoisotopic (exact) mass is 258 g/mol. The van der Waals surface area contributed by atoms with Crippen molar-refractivity contribution in [2.24, 2.45) is 5.92 Å². The predicted molar refractivity (Wildman–Crippen MR) is 81.1 cm³/mol.